The highest BCUT2D eigenvalue weighted by molar-refractivity contribution is 7.12. The summed E-state index contributed by atoms with van der Waals surface area (Å²) in [5, 5.41) is 13.7. The lowest BCUT2D eigenvalue weighted by molar-refractivity contribution is 0.0992. The third kappa shape index (κ3) is 2.51. The Bertz CT molecular complexity index is 997. The molecule has 25 heavy (non-hydrogen) atoms. The number of phenolic OH excluding ortho intramolecular Hbond substituents is 1. The number of anilines is 1. The van der Waals surface area contributed by atoms with Gasteiger partial charge in [0.05, 0.1) is 10.6 Å². The Kier molecular flexibility index (Phi) is 3.98. The zero-order chi connectivity index (χ0) is 17.6. The van der Waals surface area contributed by atoms with E-state index >= 15 is 0 Å². The molecule has 0 spiro atoms. The second-order valence-corrected chi connectivity index (χ2v) is 7.22. The molecule has 0 bridgehead atoms. The SMILES string of the molecule is O=Cc1csc(C(=O)N2CC(CCl)c3c2cc(O)c2ccccc32)c1. The van der Waals surface area contributed by atoms with E-state index < -0.39 is 0 Å². The Morgan fingerprint density at radius 3 is 2.76 bits per heavy atom. The molecule has 1 N–H and O–H groups in total. The first-order chi connectivity index (χ1) is 12.1. The molecule has 0 saturated heterocycles. The van der Waals surface area contributed by atoms with E-state index in [1.54, 1.807) is 22.4 Å². The smallest absolute Gasteiger partial charge is 0.268 e. The van der Waals surface area contributed by atoms with Crippen LogP contribution in [-0.4, -0.2) is 29.7 Å². The van der Waals surface area contributed by atoms with Crippen LogP contribution in [0.15, 0.2) is 41.8 Å². The van der Waals surface area contributed by atoms with Gasteiger partial charge in [-0.3, -0.25) is 9.59 Å². The normalized spacial score (nSPS) is 16.2. The molecule has 2 aromatic carbocycles. The van der Waals surface area contributed by atoms with Crippen molar-refractivity contribution in [3.8, 4) is 5.75 Å². The van der Waals surface area contributed by atoms with Crippen molar-refractivity contribution in [2.24, 2.45) is 0 Å². The maximum atomic E-state index is 12.9. The van der Waals surface area contributed by atoms with Gasteiger partial charge in [0.1, 0.15) is 5.75 Å². The van der Waals surface area contributed by atoms with E-state index in [-0.39, 0.29) is 17.6 Å². The molecule has 4 nitrogen and oxygen atoms in total. The van der Waals surface area contributed by atoms with Crippen LogP contribution in [0.5, 0.6) is 5.75 Å². The van der Waals surface area contributed by atoms with E-state index in [1.165, 1.54) is 11.3 Å². The van der Waals surface area contributed by atoms with E-state index in [0.717, 1.165) is 22.6 Å². The number of fused-ring (bicyclic) bond motifs is 3. The summed E-state index contributed by atoms with van der Waals surface area (Å²) in [7, 11) is 0. The molecule has 3 aromatic rings. The second-order valence-electron chi connectivity index (χ2n) is 6.00. The van der Waals surface area contributed by atoms with E-state index in [9.17, 15) is 14.7 Å². The van der Waals surface area contributed by atoms with E-state index in [4.69, 9.17) is 11.6 Å². The first-order valence-corrected chi connectivity index (χ1v) is 9.21. The first kappa shape index (κ1) is 16.1. The van der Waals surface area contributed by atoms with Crippen molar-refractivity contribution >= 4 is 51.6 Å². The summed E-state index contributed by atoms with van der Waals surface area (Å²) in [6.45, 7) is 0.458. The van der Waals surface area contributed by atoms with E-state index in [0.29, 0.717) is 28.6 Å². The summed E-state index contributed by atoms with van der Waals surface area (Å²) in [4.78, 5) is 26.0. The minimum Gasteiger partial charge on any atom is -0.507 e. The van der Waals surface area contributed by atoms with Gasteiger partial charge in [-0.25, -0.2) is 0 Å². The number of carbonyl (C=O) groups excluding carboxylic acids is 2. The lowest BCUT2D eigenvalue weighted by Gasteiger charge is -2.17. The average Bonchev–Trinajstić information content (AvgIpc) is 3.26. The molecule has 0 radical (unpaired) electrons. The molecule has 1 unspecified atom stereocenters. The van der Waals surface area contributed by atoms with Gasteiger partial charge in [0, 0.05) is 40.7 Å². The van der Waals surface area contributed by atoms with Gasteiger partial charge < -0.3 is 10.0 Å². The van der Waals surface area contributed by atoms with Crippen molar-refractivity contribution < 1.29 is 14.7 Å². The third-order valence-electron chi connectivity index (χ3n) is 4.54. The summed E-state index contributed by atoms with van der Waals surface area (Å²) < 4.78 is 0. The van der Waals surface area contributed by atoms with Gasteiger partial charge in [-0.1, -0.05) is 24.3 Å². The first-order valence-electron chi connectivity index (χ1n) is 7.80. The molecule has 0 aliphatic carbocycles. The number of halogens is 1. The Morgan fingerprint density at radius 2 is 2.08 bits per heavy atom. The monoisotopic (exact) mass is 371 g/mol. The molecular formula is C19H14ClNO3S. The molecule has 1 aromatic heterocycles. The lowest BCUT2D eigenvalue weighted by atomic mass is 9.95. The predicted molar refractivity (Wildman–Crippen MR) is 100 cm³/mol. The Morgan fingerprint density at radius 1 is 1.32 bits per heavy atom. The van der Waals surface area contributed by atoms with Crippen molar-refractivity contribution in [3.05, 3.63) is 57.8 Å². The molecule has 1 aliphatic rings. The summed E-state index contributed by atoms with van der Waals surface area (Å²) in [5.41, 5.74) is 2.17. The predicted octanol–water partition coefficient (Wildman–Crippen LogP) is 4.40. The second kappa shape index (κ2) is 6.17. The van der Waals surface area contributed by atoms with Crippen LogP contribution in [0.3, 0.4) is 0 Å². The van der Waals surface area contributed by atoms with Crippen LogP contribution in [0.4, 0.5) is 5.69 Å². The maximum Gasteiger partial charge on any atom is 0.268 e. The molecule has 0 fully saturated rings. The van der Waals surface area contributed by atoms with Crippen LogP contribution in [0.2, 0.25) is 0 Å². The number of amides is 1. The summed E-state index contributed by atoms with van der Waals surface area (Å²) in [6.07, 6.45) is 0.728. The van der Waals surface area contributed by atoms with Crippen molar-refractivity contribution in [2.75, 3.05) is 17.3 Å². The number of nitrogens with zero attached hydrogens (tertiary/aromatic N) is 1. The molecular weight excluding hydrogens is 358 g/mol. The molecule has 1 aliphatic heterocycles. The van der Waals surface area contributed by atoms with Gasteiger partial charge in [0.25, 0.3) is 5.91 Å². The fourth-order valence-electron chi connectivity index (χ4n) is 3.40. The Hall–Kier alpha value is -2.37. The highest BCUT2D eigenvalue weighted by atomic mass is 35.5. The summed E-state index contributed by atoms with van der Waals surface area (Å²) in [5.74, 6) is 0.343. The number of rotatable bonds is 3. The highest BCUT2D eigenvalue weighted by Gasteiger charge is 2.35. The number of alkyl halides is 1. The Labute approximate surface area is 153 Å². The fraction of sp³-hybridized carbons (Fsp3) is 0.158. The van der Waals surface area contributed by atoms with Gasteiger partial charge in [-0.15, -0.1) is 22.9 Å². The van der Waals surface area contributed by atoms with Crippen LogP contribution < -0.4 is 4.90 Å². The number of carbonyl (C=O) groups is 2. The number of hydrogen-bond acceptors (Lipinski definition) is 4. The van der Waals surface area contributed by atoms with E-state index in [2.05, 4.69) is 0 Å². The zero-order valence-corrected chi connectivity index (χ0v) is 14.7. The molecule has 6 heteroatoms. The van der Waals surface area contributed by atoms with Crippen molar-refractivity contribution in [2.45, 2.75) is 5.92 Å². The molecule has 4 rings (SSSR count). The number of phenols is 1. The number of aldehydes is 1. The molecule has 1 atom stereocenters. The van der Waals surface area contributed by atoms with Crippen LogP contribution in [0, 0.1) is 0 Å². The van der Waals surface area contributed by atoms with Crippen molar-refractivity contribution in [3.63, 3.8) is 0 Å². The van der Waals surface area contributed by atoms with Crippen molar-refractivity contribution in [1.29, 1.82) is 0 Å². The topological polar surface area (TPSA) is 57.6 Å². The standard InChI is InChI=1S/C19H14ClNO3S/c20-7-12-8-21(19(24)17-5-11(9-22)10-25-17)15-6-16(23)13-3-1-2-4-14(13)18(12)15/h1-6,9-10,12,23H,7-8H2. The van der Waals surface area contributed by atoms with Gasteiger partial charge in [0.15, 0.2) is 6.29 Å². The average molecular weight is 372 g/mol. The quantitative estimate of drug-likeness (QED) is 0.548. The Balaban J connectivity index is 1.86. The minimum atomic E-state index is -0.179. The van der Waals surface area contributed by atoms with Crippen molar-refractivity contribution in [1.82, 2.24) is 0 Å². The van der Waals surface area contributed by atoms with Gasteiger partial charge in [-0.2, -0.15) is 0 Å². The van der Waals surface area contributed by atoms with Gasteiger partial charge in [0.2, 0.25) is 0 Å². The fourth-order valence-corrected chi connectivity index (χ4v) is 4.46. The molecule has 1 amide bonds. The summed E-state index contributed by atoms with van der Waals surface area (Å²) >= 11 is 7.42. The summed E-state index contributed by atoms with van der Waals surface area (Å²) in [6, 6.07) is 10.8. The highest BCUT2D eigenvalue weighted by Crippen LogP contribution is 2.45. The largest absolute Gasteiger partial charge is 0.507 e. The third-order valence-corrected chi connectivity index (χ3v) is 5.85. The van der Waals surface area contributed by atoms with Crippen LogP contribution >= 0.6 is 22.9 Å². The van der Waals surface area contributed by atoms with Crippen LogP contribution in [0.1, 0.15) is 31.5 Å². The minimum absolute atomic E-state index is 0.00313. The molecule has 2 heterocycles. The van der Waals surface area contributed by atoms with Gasteiger partial charge in [-0.05, 0) is 17.0 Å². The van der Waals surface area contributed by atoms with Crippen LogP contribution in [-0.2, 0) is 0 Å². The zero-order valence-electron chi connectivity index (χ0n) is 13.1. The van der Waals surface area contributed by atoms with Crippen LogP contribution in [0.25, 0.3) is 10.8 Å². The molecule has 126 valence electrons. The number of aromatic hydroxyl groups is 1. The number of benzene rings is 2. The van der Waals surface area contributed by atoms with Gasteiger partial charge >= 0.3 is 0 Å². The number of hydrogen-bond donors (Lipinski definition) is 1. The lowest BCUT2D eigenvalue weighted by Crippen LogP contribution is -2.29. The number of thiophene rings is 1. The van der Waals surface area contributed by atoms with E-state index in [1.807, 2.05) is 24.3 Å². The molecule has 0 saturated carbocycles. The maximum absolute atomic E-state index is 12.9.